The summed E-state index contributed by atoms with van der Waals surface area (Å²) in [5, 5.41) is 0. The molecule has 0 amide bonds. The molecule has 1 aliphatic rings. The van der Waals surface area contributed by atoms with Gasteiger partial charge in [0, 0.05) is 30.3 Å². The fourth-order valence-electron chi connectivity index (χ4n) is 3.75. The summed E-state index contributed by atoms with van der Waals surface area (Å²) in [6.07, 6.45) is 6.99. The van der Waals surface area contributed by atoms with Gasteiger partial charge in [0.05, 0.1) is 25.6 Å². The highest BCUT2D eigenvalue weighted by atomic mass is 32.2. The van der Waals surface area contributed by atoms with Crippen LogP contribution in [0.4, 0.5) is 4.39 Å². The van der Waals surface area contributed by atoms with Crippen molar-refractivity contribution in [1.82, 2.24) is 9.55 Å². The molecule has 0 aliphatic carbocycles. The minimum Gasteiger partial charge on any atom is -0.345 e. The zero-order chi connectivity index (χ0) is 20.8. The van der Waals surface area contributed by atoms with Crippen LogP contribution in [-0.2, 0) is 28.2 Å². The van der Waals surface area contributed by atoms with E-state index in [1.54, 1.807) is 12.5 Å². The lowest BCUT2D eigenvalue weighted by molar-refractivity contribution is -0.180. The highest BCUT2D eigenvalue weighted by molar-refractivity contribution is 7.98. The second-order valence-corrected chi connectivity index (χ2v) is 8.86. The Morgan fingerprint density at radius 1 is 1.20 bits per heavy atom. The Morgan fingerprint density at radius 3 is 2.83 bits per heavy atom. The fraction of sp³-hybridized carbons (Fsp3) is 0.375. The number of halogens is 1. The molecule has 0 radical (unpaired) electrons. The maximum Gasteiger partial charge on any atom is 0.187 e. The number of aromatic nitrogens is 2. The van der Waals surface area contributed by atoms with Crippen molar-refractivity contribution in [2.24, 2.45) is 0 Å². The molecule has 2 aromatic carbocycles. The normalized spacial score (nSPS) is 21.2. The first-order valence-electron chi connectivity index (χ1n) is 10.3. The number of ether oxygens (including phenoxy) is 2. The molecule has 4 nitrogen and oxygen atoms in total. The van der Waals surface area contributed by atoms with E-state index in [9.17, 15) is 4.39 Å². The Balaban J connectivity index is 1.35. The zero-order valence-electron chi connectivity index (χ0n) is 17.2. The molecule has 4 rings (SSSR count). The average molecular weight is 427 g/mol. The Morgan fingerprint density at radius 2 is 2.07 bits per heavy atom. The number of benzene rings is 2. The molecule has 30 heavy (non-hydrogen) atoms. The van der Waals surface area contributed by atoms with Crippen LogP contribution in [0.15, 0.2) is 67.3 Å². The summed E-state index contributed by atoms with van der Waals surface area (Å²) >= 11 is 1.87. The average Bonchev–Trinajstić information content (AvgIpc) is 3.39. The first-order chi connectivity index (χ1) is 14.6. The molecule has 6 heteroatoms. The Bertz CT molecular complexity index is 933. The summed E-state index contributed by atoms with van der Waals surface area (Å²) in [5.41, 5.74) is 3.69. The minimum atomic E-state index is -0.691. The second-order valence-electron chi connectivity index (χ2n) is 7.83. The van der Waals surface area contributed by atoms with Crippen molar-refractivity contribution >= 4 is 11.8 Å². The summed E-state index contributed by atoms with van der Waals surface area (Å²) in [5.74, 6) is 0.941. The highest BCUT2D eigenvalue weighted by Gasteiger charge is 2.41. The standard InChI is InChI=1S/C24H27FN2O2S/c1-19-3-2-4-21(13-19)15-30-16-23-14-28-24(29-23,17-27-12-11-26-18-27)10-9-20-5-7-22(25)8-6-20/h2-8,11-13,18,23H,9-10,14-17H2,1H3. The van der Waals surface area contributed by atoms with E-state index < -0.39 is 5.79 Å². The molecule has 0 bridgehead atoms. The lowest BCUT2D eigenvalue weighted by Gasteiger charge is -2.28. The molecule has 2 atom stereocenters. The third-order valence-electron chi connectivity index (χ3n) is 5.26. The van der Waals surface area contributed by atoms with Gasteiger partial charge in [-0.1, -0.05) is 42.0 Å². The van der Waals surface area contributed by atoms with Crippen LogP contribution in [0, 0.1) is 12.7 Å². The van der Waals surface area contributed by atoms with Crippen LogP contribution in [0.3, 0.4) is 0 Å². The van der Waals surface area contributed by atoms with Crippen LogP contribution < -0.4 is 0 Å². The van der Waals surface area contributed by atoms with Crippen LogP contribution in [0.1, 0.15) is 23.1 Å². The summed E-state index contributed by atoms with van der Waals surface area (Å²) in [7, 11) is 0. The van der Waals surface area contributed by atoms with Crippen LogP contribution in [0.2, 0.25) is 0 Å². The van der Waals surface area contributed by atoms with Crippen molar-refractivity contribution in [3.8, 4) is 0 Å². The second kappa shape index (κ2) is 9.77. The molecule has 1 aromatic heterocycles. The van der Waals surface area contributed by atoms with E-state index in [1.807, 2.05) is 34.7 Å². The van der Waals surface area contributed by atoms with Gasteiger partial charge < -0.3 is 14.0 Å². The number of imidazole rings is 1. The fourth-order valence-corrected chi connectivity index (χ4v) is 4.71. The van der Waals surface area contributed by atoms with E-state index in [1.165, 1.54) is 23.3 Å². The van der Waals surface area contributed by atoms with Gasteiger partial charge in [-0.25, -0.2) is 9.37 Å². The summed E-state index contributed by atoms with van der Waals surface area (Å²) in [6.45, 7) is 3.29. The van der Waals surface area contributed by atoms with E-state index in [2.05, 4.69) is 36.2 Å². The third kappa shape index (κ3) is 5.72. The van der Waals surface area contributed by atoms with E-state index in [0.717, 1.165) is 23.5 Å². The Hall–Kier alpha value is -2.15. The molecule has 1 fully saturated rings. The number of aryl methyl sites for hydroxylation is 2. The van der Waals surface area contributed by atoms with Crippen molar-refractivity contribution in [1.29, 1.82) is 0 Å². The molecule has 1 aliphatic heterocycles. The molecule has 2 heterocycles. The molecule has 0 N–H and O–H groups in total. The lowest BCUT2D eigenvalue weighted by Crippen LogP contribution is -2.37. The van der Waals surface area contributed by atoms with Gasteiger partial charge in [0.1, 0.15) is 5.82 Å². The first kappa shape index (κ1) is 21.1. The van der Waals surface area contributed by atoms with Gasteiger partial charge in [0.2, 0.25) is 0 Å². The summed E-state index contributed by atoms with van der Waals surface area (Å²) in [6, 6.07) is 15.3. The van der Waals surface area contributed by atoms with Gasteiger partial charge in [-0.15, -0.1) is 0 Å². The maximum absolute atomic E-state index is 13.2. The van der Waals surface area contributed by atoms with Gasteiger partial charge in [0.25, 0.3) is 0 Å². The maximum atomic E-state index is 13.2. The molecule has 0 spiro atoms. The van der Waals surface area contributed by atoms with E-state index in [4.69, 9.17) is 9.47 Å². The monoisotopic (exact) mass is 426 g/mol. The van der Waals surface area contributed by atoms with Crippen molar-refractivity contribution in [2.75, 3.05) is 12.4 Å². The van der Waals surface area contributed by atoms with Crippen molar-refractivity contribution in [2.45, 2.75) is 44.0 Å². The Labute approximate surface area is 181 Å². The number of hydrogen-bond acceptors (Lipinski definition) is 4. The van der Waals surface area contributed by atoms with Gasteiger partial charge in [-0.3, -0.25) is 0 Å². The predicted molar refractivity (Wildman–Crippen MR) is 118 cm³/mol. The quantitative estimate of drug-likeness (QED) is 0.482. The summed E-state index contributed by atoms with van der Waals surface area (Å²) < 4.78 is 27.9. The predicted octanol–water partition coefficient (Wildman–Crippen LogP) is 5.01. The molecular weight excluding hydrogens is 399 g/mol. The lowest BCUT2D eigenvalue weighted by atomic mass is 10.0. The molecule has 3 aromatic rings. The van der Waals surface area contributed by atoms with Gasteiger partial charge in [-0.05, 0) is 36.6 Å². The molecular formula is C24H27FN2O2S. The van der Waals surface area contributed by atoms with Crippen molar-refractivity contribution < 1.29 is 13.9 Å². The molecule has 2 unspecified atom stereocenters. The van der Waals surface area contributed by atoms with Crippen LogP contribution in [0.25, 0.3) is 0 Å². The smallest absolute Gasteiger partial charge is 0.187 e. The molecule has 158 valence electrons. The minimum absolute atomic E-state index is 0.0524. The van der Waals surface area contributed by atoms with Crippen LogP contribution in [-0.4, -0.2) is 33.8 Å². The van der Waals surface area contributed by atoms with Crippen LogP contribution >= 0.6 is 11.8 Å². The van der Waals surface area contributed by atoms with E-state index in [-0.39, 0.29) is 11.9 Å². The van der Waals surface area contributed by atoms with Crippen LogP contribution in [0.5, 0.6) is 0 Å². The van der Waals surface area contributed by atoms with E-state index >= 15 is 0 Å². The first-order valence-corrected chi connectivity index (χ1v) is 11.4. The van der Waals surface area contributed by atoms with Gasteiger partial charge in [0.15, 0.2) is 5.79 Å². The largest absolute Gasteiger partial charge is 0.345 e. The highest BCUT2D eigenvalue weighted by Crippen LogP contribution is 2.32. The zero-order valence-corrected chi connectivity index (χ0v) is 18.0. The number of rotatable bonds is 9. The van der Waals surface area contributed by atoms with E-state index in [0.29, 0.717) is 19.6 Å². The van der Waals surface area contributed by atoms with Gasteiger partial charge >= 0.3 is 0 Å². The Kier molecular flexibility index (Phi) is 6.87. The third-order valence-corrected chi connectivity index (χ3v) is 6.40. The number of thioether (sulfide) groups is 1. The molecule has 1 saturated heterocycles. The van der Waals surface area contributed by atoms with Gasteiger partial charge in [-0.2, -0.15) is 11.8 Å². The number of hydrogen-bond donors (Lipinski definition) is 0. The van der Waals surface area contributed by atoms with Crippen molar-refractivity contribution in [3.63, 3.8) is 0 Å². The number of nitrogens with zero attached hydrogens (tertiary/aromatic N) is 2. The van der Waals surface area contributed by atoms with Crippen molar-refractivity contribution in [3.05, 3.63) is 89.8 Å². The summed E-state index contributed by atoms with van der Waals surface area (Å²) in [4.78, 5) is 4.14. The molecule has 0 saturated carbocycles. The topological polar surface area (TPSA) is 36.3 Å². The SMILES string of the molecule is Cc1cccc(CSCC2COC(CCc3ccc(F)cc3)(Cn3ccnc3)O2)c1.